The van der Waals surface area contributed by atoms with E-state index in [-0.39, 0.29) is 5.69 Å². The molecule has 0 bridgehead atoms. The van der Waals surface area contributed by atoms with Crippen LogP contribution in [0.1, 0.15) is 0 Å². The van der Waals surface area contributed by atoms with Crippen molar-refractivity contribution in [3.8, 4) is 0 Å². The molecule has 0 aliphatic heterocycles. The number of rotatable bonds is 4. The van der Waals surface area contributed by atoms with Gasteiger partial charge in [-0.3, -0.25) is 14.8 Å². The molecule has 1 aromatic heterocycles. The summed E-state index contributed by atoms with van der Waals surface area (Å²) in [6.07, 6.45) is 1.62. The highest BCUT2D eigenvalue weighted by atomic mass is 16.6. The van der Waals surface area contributed by atoms with Gasteiger partial charge in [-0.1, -0.05) is 0 Å². The summed E-state index contributed by atoms with van der Waals surface area (Å²) in [7, 11) is 1.62. The second-order valence-electron chi connectivity index (χ2n) is 3.36. The molecule has 0 amide bonds. The van der Waals surface area contributed by atoms with Crippen LogP contribution in [0, 0.1) is 10.1 Å². The summed E-state index contributed by atoms with van der Waals surface area (Å²) >= 11 is 0. The van der Waals surface area contributed by atoms with Gasteiger partial charge in [0.25, 0.3) is 5.69 Å². The van der Waals surface area contributed by atoms with Gasteiger partial charge < -0.3 is 4.74 Å². The third kappa shape index (κ3) is 1.87. The second kappa shape index (κ2) is 4.28. The molecule has 6 heteroatoms. The molecule has 1 heterocycles. The molecule has 6 nitrogen and oxygen atoms in total. The quantitative estimate of drug-likeness (QED) is 0.580. The smallest absolute Gasteiger partial charge is 0.270 e. The van der Waals surface area contributed by atoms with E-state index in [1.165, 1.54) is 12.1 Å². The third-order valence-electron chi connectivity index (χ3n) is 2.34. The van der Waals surface area contributed by atoms with Crippen molar-refractivity contribution in [1.29, 1.82) is 0 Å². The number of non-ortho nitro benzene ring substituents is 1. The average Bonchev–Trinajstić information content (AvgIpc) is 2.68. The number of hydrogen-bond donors (Lipinski definition) is 0. The van der Waals surface area contributed by atoms with Gasteiger partial charge in [-0.05, 0) is 6.07 Å². The van der Waals surface area contributed by atoms with Gasteiger partial charge >= 0.3 is 0 Å². The molecule has 0 saturated carbocycles. The first-order valence-corrected chi connectivity index (χ1v) is 4.81. The topological polar surface area (TPSA) is 70.2 Å². The highest BCUT2D eigenvalue weighted by Crippen LogP contribution is 2.20. The number of benzene rings is 1. The largest absolute Gasteiger partial charge is 0.383 e. The van der Waals surface area contributed by atoms with Crippen LogP contribution in [0.3, 0.4) is 0 Å². The van der Waals surface area contributed by atoms with Crippen molar-refractivity contribution in [2.45, 2.75) is 6.54 Å². The second-order valence-corrected chi connectivity index (χ2v) is 3.36. The molecule has 0 radical (unpaired) electrons. The number of nitrogens with zero attached hydrogens (tertiary/aromatic N) is 3. The number of methoxy groups -OCH3 is 1. The lowest BCUT2D eigenvalue weighted by Crippen LogP contribution is -2.05. The van der Waals surface area contributed by atoms with Crippen molar-refractivity contribution in [2.75, 3.05) is 13.7 Å². The maximum Gasteiger partial charge on any atom is 0.270 e. The van der Waals surface area contributed by atoms with E-state index in [4.69, 9.17) is 4.74 Å². The Balaban J connectivity index is 2.38. The lowest BCUT2D eigenvalue weighted by Gasteiger charge is -2.01. The molecule has 0 unspecified atom stereocenters. The summed E-state index contributed by atoms with van der Waals surface area (Å²) in [6.45, 7) is 1.20. The summed E-state index contributed by atoms with van der Waals surface area (Å²) < 4.78 is 6.72. The zero-order valence-electron chi connectivity index (χ0n) is 8.79. The van der Waals surface area contributed by atoms with E-state index >= 15 is 0 Å². The molecule has 0 fully saturated rings. The van der Waals surface area contributed by atoms with Crippen molar-refractivity contribution in [3.05, 3.63) is 34.5 Å². The summed E-state index contributed by atoms with van der Waals surface area (Å²) in [6, 6.07) is 4.70. The fraction of sp³-hybridized carbons (Fsp3) is 0.300. The van der Waals surface area contributed by atoms with E-state index in [0.717, 1.165) is 10.9 Å². The molecule has 16 heavy (non-hydrogen) atoms. The van der Waals surface area contributed by atoms with Crippen molar-refractivity contribution in [2.24, 2.45) is 0 Å². The number of aromatic nitrogens is 2. The van der Waals surface area contributed by atoms with Crippen LogP contribution in [-0.4, -0.2) is 28.4 Å². The van der Waals surface area contributed by atoms with Gasteiger partial charge in [-0.15, -0.1) is 0 Å². The van der Waals surface area contributed by atoms with Crippen LogP contribution in [0.5, 0.6) is 0 Å². The lowest BCUT2D eigenvalue weighted by molar-refractivity contribution is -0.384. The minimum absolute atomic E-state index is 0.0822. The van der Waals surface area contributed by atoms with Crippen LogP contribution >= 0.6 is 0 Å². The minimum atomic E-state index is -0.411. The number of nitro benzene ring substituents is 1. The highest BCUT2D eigenvalue weighted by molar-refractivity contribution is 5.81. The molecule has 0 N–H and O–H groups in total. The standard InChI is InChI=1S/C10H11N3O3/c1-16-5-4-12-10-3-2-9(13(14)15)6-8(10)7-11-12/h2-3,6-7H,4-5H2,1H3. The molecular weight excluding hydrogens is 210 g/mol. The Morgan fingerprint density at radius 1 is 1.56 bits per heavy atom. The van der Waals surface area contributed by atoms with Gasteiger partial charge in [0, 0.05) is 24.6 Å². The van der Waals surface area contributed by atoms with Gasteiger partial charge in [0.2, 0.25) is 0 Å². The van der Waals surface area contributed by atoms with Crippen LogP contribution in [0.4, 0.5) is 5.69 Å². The zero-order valence-corrected chi connectivity index (χ0v) is 8.79. The van der Waals surface area contributed by atoms with Gasteiger partial charge in [0.1, 0.15) is 0 Å². The van der Waals surface area contributed by atoms with Crippen LogP contribution in [0.2, 0.25) is 0 Å². The molecule has 0 spiro atoms. The van der Waals surface area contributed by atoms with Crippen molar-refractivity contribution in [3.63, 3.8) is 0 Å². The molecule has 1 aromatic carbocycles. The van der Waals surface area contributed by atoms with Gasteiger partial charge in [-0.2, -0.15) is 5.10 Å². The van der Waals surface area contributed by atoms with Crippen LogP contribution in [0.15, 0.2) is 24.4 Å². The number of ether oxygens (including phenoxy) is 1. The highest BCUT2D eigenvalue weighted by Gasteiger charge is 2.09. The van der Waals surface area contributed by atoms with Crippen molar-refractivity contribution in [1.82, 2.24) is 9.78 Å². The predicted octanol–water partition coefficient (Wildman–Crippen LogP) is 1.59. The van der Waals surface area contributed by atoms with E-state index in [1.807, 2.05) is 0 Å². The van der Waals surface area contributed by atoms with E-state index < -0.39 is 4.92 Å². The Morgan fingerprint density at radius 3 is 3.06 bits per heavy atom. The number of fused-ring (bicyclic) bond motifs is 1. The number of nitro groups is 1. The van der Waals surface area contributed by atoms with Gasteiger partial charge in [0.15, 0.2) is 0 Å². The zero-order chi connectivity index (χ0) is 11.5. The summed E-state index contributed by atoms with van der Waals surface area (Å²) in [5.41, 5.74) is 0.960. The summed E-state index contributed by atoms with van der Waals surface area (Å²) in [5, 5.41) is 15.5. The molecule has 2 rings (SSSR count). The summed E-state index contributed by atoms with van der Waals surface area (Å²) in [4.78, 5) is 10.2. The normalized spacial score (nSPS) is 10.8. The Kier molecular flexibility index (Phi) is 2.82. The molecule has 0 saturated heterocycles. The summed E-state index contributed by atoms with van der Waals surface area (Å²) in [5.74, 6) is 0. The molecule has 84 valence electrons. The maximum atomic E-state index is 10.6. The average molecular weight is 221 g/mol. The fourth-order valence-electron chi connectivity index (χ4n) is 1.54. The molecule has 2 aromatic rings. The van der Waals surface area contributed by atoms with Crippen LogP contribution in [0.25, 0.3) is 10.9 Å². The Morgan fingerprint density at radius 2 is 2.38 bits per heavy atom. The van der Waals surface area contributed by atoms with E-state index in [9.17, 15) is 10.1 Å². The predicted molar refractivity (Wildman–Crippen MR) is 58.3 cm³/mol. The van der Waals surface area contributed by atoms with E-state index in [0.29, 0.717) is 13.2 Å². The Hall–Kier alpha value is -1.95. The minimum Gasteiger partial charge on any atom is -0.383 e. The maximum absolute atomic E-state index is 10.6. The first-order valence-electron chi connectivity index (χ1n) is 4.81. The van der Waals surface area contributed by atoms with Crippen molar-refractivity contribution >= 4 is 16.6 Å². The third-order valence-corrected chi connectivity index (χ3v) is 2.34. The van der Waals surface area contributed by atoms with Crippen molar-refractivity contribution < 1.29 is 9.66 Å². The fourth-order valence-corrected chi connectivity index (χ4v) is 1.54. The van der Waals surface area contributed by atoms with Gasteiger partial charge in [-0.25, -0.2) is 0 Å². The molecule has 0 aliphatic rings. The van der Waals surface area contributed by atoms with Crippen LogP contribution in [-0.2, 0) is 11.3 Å². The SMILES string of the molecule is COCCn1ncc2cc([N+](=O)[O-])ccc21. The lowest BCUT2D eigenvalue weighted by atomic mass is 10.2. The first-order chi connectivity index (χ1) is 7.72. The molecule has 0 aliphatic carbocycles. The molecular formula is C10H11N3O3. The van der Waals surface area contributed by atoms with E-state index in [2.05, 4.69) is 5.10 Å². The van der Waals surface area contributed by atoms with E-state index in [1.54, 1.807) is 24.1 Å². The van der Waals surface area contributed by atoms with Crippen LogP contribution < -0.4 is 0 Å². The Labute approximate surface area is 91.6 Å². The number of hydrogen-bond acceptors (Lipinski definition) is 4. The Bertz CT molecular complexity index is 521. The monoisotopic (exact) mass is 221 g/mol. The first kappa shape index (κ1) is 10.6. The van der Waals surface area contributed by atoms with Gasteiger partial charge in [0.05, 0.1) is 29.8 Å². The molecule has 0 atom stereocenters.